The Labute approximate surface area is 179 Å². The number of hydrogen-bond acceptors (Lipinski definition) is 7. The number of aryl methyl sites for hydroxylation is 1. The lowest BCUT2D eigenvalue weighted by molar-refractivity contribution is -0.139. The number of benzene rings is 2. The van der Waals surface area contributed by atoms with E-state index in [0.717, 1.165) is 11.5 Å². The first kappa shape index (κ1) is 19.5. The Kier molecular flexibility index (Phi) is 4.29. The lowest BCUT2D eigenvalue weighted by Crippen LogP contribution is -2.10. The number of carbonyl (C=O) groups is 1. The van der Waals surface area contributed by atoms with Crippen LogP contribution in [0.4, 0.5) is 0 Å². The number of hydrogen-bond donors (Lipinski definition) is 3. The lowest BCUT2D eigenvalue weighted by Gasteiger charge is -2.12. The molecule has 5 rings (SSSR count). The molecule has 32 heavy (non-hydrogen) atoms. The fourth-order valence-electron chi connectivity index (χ4n) is 3.83. The van der Waals surface area contributed by atoms with Crippen LogP contribution >= 0.6 is 0 Å². The van der Waals surface area contributed by atoms with Crippen molar-refractivity contribution >= 4 is 39.1 Å². The molecule has 0 radical (unpaired) electrons. The molecule has 0 unspecified atom stereocenters. The number of aromatic amines is 1. The summed E-state index contributed by atoms with van der Waals surface area (Å²) in [6.07, 6.45) is 1.77. The molecule has 0 aliphatic carbocycles. The summed E-state index contributed by atoms with van der Waals surface area (Å²) < 4.78 is 18.4. The standard InChI is InChI=1S/C22H17N3O7/c1-25-22-12(8-23-25)18(10-3-4-14(15(5-10)30-2)31-9-17(28)29)21-20(24-22)19-13(27)6-11(26)7-16(19)32-21/h3-8,23,27H,9H2,1-2H3,(H,28,29). The Morgan fingerprint density at radius 3 is 2.81 bits per heavy atom. The fraction of sp³-hybridized carbons (Fsp3) is 0.136. The number of aromatic nitrogens is 3. The van der Waals surface area contributed by atoms with Crippen molar-refractivity contribution in [1.29, 1.82) is 0 Å². The molecule has 0 fully saturated rings. The highest BCUT2D eigenvalue weighted by atomic mass is 16.5. The minimum absolute atomic E-state index is 0.211. The molecule has 0 saturated carbocycles. The first-order valence-electron chi connectivity index (χ1n) is 9.53. The van der Waals surface area contributed by atoms with Crippen molar-refractivity contribution < 1.29 is 28.9 Å². The molecule has 0 spiro atoms. The quantitative estimate of drug-likeness (QED) is 0.383. The van der Waals surface area contributed by atoms with Crippen molar-refractivity contribution in [3.05, 3.63) is 46.8 Å². The van der Waals surface area contributed by atoms with Crippen molar-refractivity contribution in [2.24, 2.45) is 7.05 Å². The van der Waals surface area contributed by atoms with Gasteiger partial charge in [0.1, 0.15) is 16.8 Å². The molecule has 5 aromatic rings. The summed E-state index contributed by atoms with van der Waals surface area (Å²) in [4.78, 5) is 27.4. The van der Waals surface area contributed by atoms with E-state index in [9.17, 15) is 14.7 Å². The van der Waals surface area contributed by atoms with Crippen LogP contribution in [0.2, 0.25) is 0 Å². The van der Waals surface area contributed by atoms with Crippen LogP contribution in [-0.2, 0) is 11.8 Å². The number of H-pyrrole nitrogens is 1. The number of fused-ring (bicyclic) bond motifs is 4. The molecule has 2 aromatic carbocycles. The zero-order valence-electron chi connectivity index (χ0n) is 17.0. The number of rotatable bonds is 5. The number of methoxy groups -OCH3 is 1. The van der Waals surface area contributed by atoms with Crippen molar-refractivity contribution in [3.8, 4) is 28.4 Å². The second-order valence-corrected chi connectivity index (χ2v) is 7.20. The molecular formula is C22H17N3O7. The largest absolute Gasteiger partial charge is 0.507 e. The molecule has 10 heteroatoms. The number of phenolic OH excluding ortho intramolecular Hbond substituents is 1. The third kappa shape index (κ3) is 2.92. The van der Waals surface area contributed by atoms with Gasteiger partial charge in [0, 0.05) is 36.3 Å². The van der Waals surface area contributed by atoms with Crippen molar-refractivity contribution in [3.63, 3.8) is 0 Å². The lowest BCUT2D eigenvalue weighted by atomic mass is 10.0. The van der Waals surface area contributed by atoms with Crippen molar-refractivity contribution in [2.75, 3.05) is 13.7 Å². The van der Waals surface area contributed by atoms with Crippen LogP contribution in [-0.4, -0.2) is 44.7 Å². The topological polar surface area (TPSA) is 140 Å². The molecule has 3 aromatic heterocycles. The van der Waals surface area contributed by atoms with Gasteiger partial charge in [0.25, 0.3) is 0 Å². The molecule has 0 bridgehead atoms. The number of carboxylic acid groups (broad SMARTS) is 1. The van der Waals surface area contributed by atoms with E-state index in [1.165, 1.54) is 13.2 Å². The maximum atomic E-state index is 11.9. The van der Waals surface area contributed by atoms with E-state index < -0.39 is 12.6 Å². The van der Waals surface area contributed by atoms with E-state index in [-0.39, 0.29) is 22.5 Å². The van der Waals surface area contributed by atoms with Crippen LogP contribution in [0.1, 0.15) is 0 Å². The Hall–Kier alpha value is -4.47. The number of aliphatic carboxylic acids is 1. The summed E-state index contributed by atoms with van der Waals surface area (Å²) >= 11 is 0. The minimum Gasteiger partial charge on any atom is -0.507 e. The smallest absolute Gasteiger partial charge is 0.341 e. The zero-order valence-corrected chi connectivity index (χ0v) is 17.0. The molecule has 3 heterocycles. The fourth-order valence-corrected chi connectivity index (χ4v) is 3.83. The number of furan rings is 1. The summed E-state index contributed by atoms with van der Waals surface area (Å²) in [5.74, 6) is -0.703. The molecule has 0 amide bonds. The number of nitrogens with one attached hydrogen (secondary N) is 1. The predicted octanol–water partition coefficient (Wildman–Crippen LogP) is 3.01. The highest BCUT2D eigenvalue weighted by Crippen LogP contribution is 2.43. The van der Waals surface area contributed by atoms with Crippen molar-refractivity contribution in [1.82, 2.24) is 14.8 Å². The summed E-state index contributed by atoms with van der Waals surface area (Å²) in [6, 6.07) is 7.48. The normalized spacial score (nSPS) is 11.4. The Morgan fingerprint density at radius 1 is 1.25 bits per heavy atom. The van der Waals surface area contributed by atoms with E-state index in [1.807, 2.05) is 0 Å². The van der Waals surface area contributed by atoms with Gasteiger partial charge < -0.3 is 29.2 Å². The number of pyridine rings is 1. The number of nitrogens with zero attached hydrogens (tertiary/aromatic N) is 2. The molecule has 0 saturated heterocycles. The summed E-state index contributed by atoms with van der Waals surface area (Å²) in [7, 11) is 3.25. The third-order valence-electron chi connectivity index (χ3n) is 5.20. The first-order valence-corrected chi connectivity index (χ1v) is 9.53. The monoisotopic (exact) mass is 435 g/mol. The summed E-state index contributed by atoms with van der Waals surface area (Å²) in [6.45, 7) is -0.506. The van der Waals surface area contributed by atoms with Crippen molar-refractivity contribution in [2.45, 2.75) is 0 Å². The highest BCUT2D eigenvalue weighted by Gasteiger charge is 2.22. The molecule has 0 aliphatic rings. The molecule has 162 valence electrons. The predicted molar refractivity (Wildman–Crippen MR) is 115 cm³/mol. The average molecular weight is 435 g/mol. The van der Waals surface area contributed by atoms with E-state index in [2.05, 4.69) is 10.1 Å². The summed E-state index contributed by atoms with van der Waals surface area (Å²) in [5.41, 5.74) is 2.58. The van der Waals surface area contributed by atoms with Gasteiger partial charge in [0.2, 0.25) is 0 Å². The van der Waals surface area contributed by atoms with Gasteiger partial charge in [-0.1, -0.05) is 6.07 Å². The molecular weight excluding hydrogens is 418 g/mol. The van der Waals surface area contributed by atoms with Gasteiger partial charge in [-0.25, -0.2) is 9.78 Å². The van der Waals surface area contributed by atoms with Crippen LogP contribution < -0.4 is 14.9 Å². The second-order valence-electron chi connectivity index (χ2n) is 7.20. The van der Waals surface area contributed by atoms with E-state index in [0.29, 0.717) is 39.0 Å². The van der Waals surface area contributed by atoms with Crippen LogP contribution in [0.25, 0.3) is 44.2 Å². The van der Waals surface area contributed by atoms with Gasteiger partial charge >= 0.3 is 5.97 Å². The van der Waals surface area contributed by atoms with Gasteiger partial charge in [-0.2, -0.15) is 0 Å². The van der Waals surface area contributed by atoms with Crippen LogP contribution in [0.3, 0.4) is 0 Å². The van der Waals surface area contributed by atoms with Gasteiger partial charge in [-0.15, -0.1) is 0 Å². The van der Waals surface area contributed by atoms with Crippen LogP contribution in [0, 0.1) is 0 Å². The van der Waals surface area contributed by atoms with Gasteiger partial charge in [-0.3, -0.25) is 9.48 Å². The minimum atomic E-state index is -1.10. The second kappa shape index (κ2) is 7.05. The molecule has 3 N–H and O–H groups in total. The number of ether oxygens (including phenoxy) is 2. The van der Waals surface area contributed by atoms with Crippen LogP contribution in [0.15, 0.2) is 45.7 Å². The Morgan fingerprint density at radius 2 is 2.06 bits per heavy atom. The number of phenols is 1. The van der Waals surface area contributed by atoms with Gasteiger partial charge in [0.05, 0.1) is 12.5 Å². The Balaban J connectivity index is 1.83. The Bertz CT molecular complexity index is 1590. The van der Waals surface area contributed by atoms with E-state index >= 15 is 0 Å². The maximum Gasteiger partial charge on any atom is 0.341 e. The number of aromatic hydroxyl groups is 1. The SMILES string of the molecule is COc1cc(-c2c3c[nH]n(C)c3nc3c2oc2cc(=O)cc(O)c23)ccc1OCC(=O)O. The van der Waals surface area contributed by atoms with Gasteiger partial charge in [-0.05, 0) is 17.7 Å². The van der Waals surface area contributed by atoms with Gasteiger partial charge in [0.15, 0.2) is 34.8 Å². The maximum absolute atomic E-state index is 11.9. The summed E-state index contributed by atoms with van der Waals surface area (Å²) in [5, 5.41) is 23.5. The van der Waals surface area contributed by atoms with E-state index in [1.54, 1.807) is 36.1 Å². The zero-order chi connectivity index (χ0) is 22.6. The molecule has 0 aliphatic heterocycles. The third-order valence-corrected chi connectivity index (χ3v) is 5.20. The van der Waals surface area contributed by atoms with Crippen LogP contribution in [0.5, 0.6) is 17.2 Å². The highest BCUT2D eigenvalue weighted by molar-refractivity contribution is 6.16. The van der Waals surface area contributed by atoms with E-state index in [4.69, 9.17) is 19.0 Å². The molecule has 10 nitrogen and oxygen atoms in total. The molecule has 0 atom stereocenters. The number of carboxylic acids is 1. The average Bonchev–Trinajstić information content (AvgIpc) is 3.30. The first-order chi connectivity index (χ1) is 15.4.